The fraction of sp³-hybridized carbons (Fsp3) is 0.500. The zero-order chi connectivity index (χ0) is 22.8. The highest BCUT2D eigenvalue weighted by atomic mass is 19.1. The van der Waals surface area contributed by atoms with Crippen molar-refractivity contribution in [1.29, 1.82) is 0 Å². The molecular formula is C24H30FN7O. The maximum atomic E-state index is 14.3. The molecule has 2 aliphatic carbocycles. The first-order chi connectivity index (χ1) is 16.1. The molecule has 0 bridgehead atoms. The quantitative estimate of drug-likeness (QED) is 0.503. The summed E-state index contributed by atoms with van der Waals surface area (Å²) in [6, 6.07) is 7.42. The van der Waals surface area contributed by atoms with Crippen molar-refractivity contribution >= 4 is 34.7 Å². The average Bonchev–Trinajstić information content (AvgIpc) is 3.43. The number of hydrogen-bond donors (Lipinski definition) is 3. The number of fused-ring (bicyclic) bond motifs is 1. The molecule has 5 rings (SSSR count). The van der Waals surface area contributed by atoms with Crippen LogP contribution in [-0.2, 0) is 4.79 Å². The largest absolute Gasteiger partial charge is 0.354 e. The van der Waals surface area contributed by atoms with Gasteiger partial charge in [0.1, 0.15) is 11.3 Å². The molecular weight excluding hydrogens is 421 g/mol. The molecule has 3 aromatic rings. The summed E-state index contributed by atoms with van der Waals surface area (Å²) in [5.41, 5.74) is 1.86. The number of carbonyl (C=O) groups is 1. The molecule has 0 saturated heterocycles. The van der Waals surface area contributed by atoms with Crippen molar-refractivity contribution in [2.24, 2.45) is 0 Å². The van der Waals surface area contributed by atoms with Gasteiger partial charge in [-0.1, -0.05) is 25.0 Å². The Kier molecular flexibility index (Phi) is 6.11. The van der Waals surface area contributed by atoms with Gasteiger partial charge in [0.2, 0.25) is 17.8 Å². The summed E-state index contributed by atoms with van der Waals surface area (Å²) >= 11 is 0. The van der Waals surface area contributed by atoms with Gasteiger partial charge in [0.15, 0.2) is 5.65 Å². The highest BCUT2D eigenvalue weighted by Gasteiger charge is 2.26. The van der Waals surface area contributed by atoms with Gasteiger partial charge >= 0.3 is 0 Å². The number of hydrogen-bond acceptors (Lipinski definition) is 6. The van der Waals surface area contributed by atoms with Gasteiger partial charge in [-0.15, -0.1) is 0 Å². The predicted octanol–water partition coefficient (Wildman–Crippen LogP) is 4.68. The number of imidazole rings is 1. The van der Waals surface area contributed by atoms with Crippen LogP contribution >= 0.6 is 0 Å². The number of amides is 1. The van der Waals surface area contributed by atoms with E-state index in [1.165, 1.54) is 6.07 Å². The maximum Gasteiger partial charge on any atom is 0.224 e. The van der Waals surface area contributed by atoms with E-state index in [-0.39, 0.29) is 29.8 Å². The summed E-state index contributed by atoms with van der Waals surface area (Å²) < 4.78 is 16.4. The van der Waals surface area contributed by atoms with Crippen LogP contribution in [0.3, 0.4) is 0 Å². The number of nitrogens with one attached hydrogen (secondary N) is 3. The Bertz CT molecular complexity index is 1130. The van der Waals surface area contributed by atoms with Crippen molar-refractivity contribution in [3.8, 4) is 0 Å². The first-order valence-corrected chi connectivity index (χ1v) is 11.9. The van der Waals surface area contributed by atoms with Gasteiger partial charge in [-0.3, -0.25) is 9.36 Å². The average molecular weight is 452 g/mol. The molecule has 1 amide bonds. The summed E-state index contributed by atoms with van der Waals surface area (Å²) in [7, 11) is 0. The lowest BCUT2D eigenvalue weighted by Crippen LogP contribution is -2.39. The van der Waals surface area contributed by atoms with Gasteiger partial charge in [-0.25, -0.2) is 14.4 Å². The van der Waals surface area contributed by atoms with E-state index in [2.05, 4.69) is 25.5 Å². The van der Waals surface area contributed by atoms with E-state index in [0.29, 0.717) is 23.1 Å². The normalized spacial score (nSPS) is 21.3. The lowest BCUT2D eigenvalue weighted by molar-refractivity contribution is -0.119. The van der Waals surface area contributed by atoms with Crippen LogP contribution in [0, 0.1) is 5.82 Å². The van der Waals surface area contributed by atoms with Crippen molar-refractivity contribution in [1.82, 2.24) is 24.8 Å². The summed E-state index contributed by atoms with van der Waals surface area (Å²) in [4.78, 5) is 25.4. The molecule has 0 atom stereocenters. The first kappa shape index (κ1) is 21.6. The molecule has 1 aromatic carbocycles. The topological polar surface area (TPSA) is 96.8 Å². The highest BCUT2D eigenvalue weighted by molar-refractivity contribution is 5.76. The molecule has 9 heteroatoms. The van der Waals surface area contributed by atoms with Crippen molar-refractivity contribution in [2.45, 2.75) is 76.4 Å². The molecule has 0 spiro atoms. The minimum Gasteiger partial charge on any atom is -0.354 e. The van der Waals surface area contributed by atoms with Gasteiger partial charge in [0, 0.05) is 25.0 Å². The summed E-state index contributed by atoms with van der Waals surface area (Å²) in [5.74, 6) is 0.900. The lowest BCUT2D eigenvalue weighted by Gasteiger charge is -2.29. The Labute approximate surface area is 192 Å². The molecule has 33 heavy (non-hydrogen) atoms. The van der Waals surface area contributed by atoms with Crippen LogP contribution in [0.1, 0.15) is 64.3 Å². The fourth-order valence-corrected chi connectivity index (χ4v) is 5.09. The fourth-order valence-electron chi connectivity index (χ4n) is 5.09. The molecule has 8 nitrogen and oxygen atoms in total. The number of para-hydroxylation sites is 1. The Morgan fingerprint density at radius 1 is 1.03 bits per heavy atom. The minimum atomic E-state index is -0.314. The molecule has 0 radical (unpaired) electrons. The van der Waals surface area contributed by atoms with E-state index < -0.39 is 0 Å². The van der Waals surface area contributed by atoms with E-state index >= 15 is 0 Å². The second-order valence-corrected chi connectivity index (χ2v) is 9.14. The van der Waals surface area contributed by atoms with Crippen LogP contribution < -0.4 is 16.0 Å². The van der Waals surface area contributed by atoms with E-state index in [1.807, 2.05) is 0 Å². The third-order valence-corrected chi connectivity index (χ3v) is 6.71. The molecule has 3 N–H and O–H groups in total. The van der Waals surface area contributed by atoms with Gasteiger partial charge < -0.3 is 16.0 Å². The summed E-state index contributed by atoms with van der Waals surface area (Å²) in [6.07, 6.45) is 9.96. The number of anilines is 3. The minimum absolute atomic E-state index is 0.0279. The third kappa shape index (κ3) is 4.77. The SMILES string of the molecule is CC(=O)N[C@H]1CC[C@@H](Nc2ncc3nc(Nc4ccccc4F)n(C4CCCC4)c3n2)CC1. The van der Waals surface area contributed by atoms with E-state index in [1.54, 1.807) is 31.3 Å². The Hall–Kier alpha value is -3.23. The Morgan fingerprint density at radius 3 is 2.48 bits per heavy atom. The van der Waals surface area contributed by atoms with E-state index in [9.17, 15) is 9.18 Å². The van der Waals surface area contributed by atoms with Crippen LogP contribution in [0.15, 0.2) is 30.5 Å². The lowest BCUT2D eigenvalue weighted by atomic mass is 9.91. The van der Waals surface area contributed by atoms with Gasteiger partial charge in [0.25, 0.3) is 0 Å². The molecule has 2 aliphatic rings. The highest BCUT2D eigenvalue weighted by Crippen LogP contribution is 2.36. The smallest absolute Gasteiger partial charge is 0.224 e. The second-order valence-electron chi connectivity index (χ2n) is 9.14. The number of aromatic nitrogens is 4. The monoisotopic (exact) mass is 451 g/mol. The molecule has 2 fully saturated rings. The summed E-state index contributed by atoms with van der Waals surface area (Å²) in [6.45, 7) is 1.57. The van der Waals surface area contributed by atoms with Gasteiger partial charge in [0.05, 0.1) is 11.9 Å². The second kappa shape index (κ2) is 9.33. The molecule has 2 saturated carbocycles. The first-order valence-electron chi connectivity index (χ1n) is 11.9. The van der Waals surface area contributed by atoms with Crippen molar-refractivity contribution in [3.63, 3.8) is 0 Å². The third-order valence-electron chi connectivity index (χ3n) is 6.71. The van der Waals surface area contributed by atoms with Gasteiger partial charge in [-0.05, 0) is 50.7 Å². The number of nitrogens with zero attached hydrogens (tertiary/aromatic N) is 4. The van der Waals surface area contributed by atoms with Crippen LogP contribution in [0.4, 0.5) is 22.0 Å². The van der Waals surface area contributed by atoms with Crippen LogP contribution in [-0.4, -0.2) is 37.5 Å². The molecule has 174 valence electrons. The Balaban J connectivity index is 1.39. The number of benzene rings is 1. The summed E-state index contributed by atoms with van der Waals surface area (Å²) in [5, 5.41) is 9.67. The van der Waals surface area contributed by atoms with Crippen molar-refractivity contribution in [3.05, 3.63) is 36.3 Å². The zero-order valence-electron chi connectivity index (χ0n) is 18.9. The maximum absolute atomic E-state index is 14.3. The van der Waals surface area contributed by atoms with E-state index in [4.69, 9.17) is 9.97 Å². The van der Waals surface area contributed by atoms with Crippen LogP contribution in [0.5, 0.6) is 0 Å². The molecule has 2 heterocycles. The standard InChI is InChI=1S/C24H30FN7O/c1-15(33)27-16-10-12-17(13-11-16)28-23-26-14-21-22(31-23)32(18-6-2-3-7-18)24(30-21)29-20-9-5-4-8-19(20)25/h4-5,8-9,14,16-18H,2-3,6-7,10-13H2,1H3,(H,27,33)(H,29,30)(H,26,28,31)/t16-,17+. The molecule has 2 aromatic heterocycles. The van der Waals surface area contributed by atoms with E-state index in [0.717, 1.165) is 57.0 Å². The molecule has 0 aliphatic heterocycles. The van der Waals surface area contributed by atoms with Crippen molar-refractivity contribution < 1.29 is 9.18 Å². The zero-order valence-corrected chi connectivity index (χ0v) is 18.9. The number of carbonyl (C=O) groups excluding carboxylic acids is 1. The number of rotatable bonds is 6. The van der Waals surface area contributed by atoms with Crippen molar-refractivity contribution in [2.75, 3.05) is 10.6 Å². The van der Waals surface area contributed by atoms with Crippen LogP contribution in [0.25, 0.3) is 11.2 Å². The predicted molar refractivity (Wildman–Crippen MR) is 126 cm³/mol. The molecule has 0 unspecified atom stereocenters. The van der Waals surface area contributed by atoms with Gasteiger partial charge in [-0.2, -0.15) is 4.98 Å². The number of halogens is 1. The van der Waals surface area contributed by atoms with Crippen LogP contribution in [0.2, 0.25) is 0 Å². The Morgan fingerprint density at radius 2 is 1.76 bits per heavy atom.